The Balaban J connectivity index is 0.000000671. The van der Waals surface area contributed by atoms with Crippen LogP contribution in [0.1, 0.15) is 37.5 Å². The lowest BCUT2D eigenvalue weighted by molar-refractivity contribution is 1.11. The fraction of sp³-hybridized carbons (Fsp3) is 0.500. The van der Waals surface area contributed by atoms with Gasteiger partial charge in [-0.15, -0.1) is 0 Å². The molecule has 0 spiro atoms. The maximum absolute atomic E-state index is 5.89. The van der Waals surface area contributed by atoms with E-state index < -0.39 is 0 Å². The Bertz CT molecular complexity index is 264. The minimum Gasteiger partial charge on any atom is -0.398 e. The lowest BCUT2D eigenvalue weighted by atomic mass is 10.0. The average Bonchev–Trinajstić information content (AvgIpc) is 2.16. The molecule has 0 saturated carbocycles. The van der Waals surface area contributed by atoms with E-state index in [1.54, 1.807) is 0 Å². The van der Waals surface area contributed by atoms with Crippen molar-refractivity contribution in [1.82, 2.24) is 0 Å². The van der Waals surface area contributed by atoms with E-state index in [1.807, 2.05) is 20.8 Å². The van der Waals surface area contributed by atoms with Crippen LogP contribution >= 0.6 is 0 Å². The summed E-state index contributed by atoms with van der Waals surface area (Å²) in [5, 5.41) is 0. The molecule has 74 valence electrons. The maximum Gasteiger partial charge on any atom is 0.0378 e. The van der Waals surface area contributed by atoms with Crippen molar-refractivity contribution < 1.29 is 0 Å². The van der Waals surface area contributed by atoms with Crippen LogP contribution in [0.4, 0.5) is 5.69 Å². The van der Waals surface area contributed by atoms with Crippen molar-refractivity contribution in [2.45, 2.75) is 41.0 Å². The zero-order chi connectivity index (χ0) is 10.4. The Morgan fingerprint density at radius 1 is 1.08 bits per heavy atom. The molecule has 0 aliphatic rings. The predicted molar refractivity (Wildman–Crippen MR) is 61.1 cm³/mol. The monoisotopic (exact) mass is 179 g/mol. The Morgan fingerprint density at radius 3 is 1.92 bits per heavy atom. The zero-order valence-electron chi connectivity index (χ0n) is 9.44. The summed E-state index contributed by atoms with van der Waals surface area (Å²) in [6.45, 7) is 10.3. The highest BCUT2D eigenvalue weighted by atomic mass is 14.6. The van der Waals surface area contributed by atoms with Gasteiger partial charge in [0.05, 0.1) is 0 Å². The topological polar surface area (TPSA) is 26.0 Å². The van der Waals surface area contributed by atoms with Crippen LogP contribution in [0.2, 0.25) is 0 Å². The van der Waals surface area contributed by atoms with Crippen LogP contribution in [0.5, 0.6) is 0 Å². The number of nitrogen functional groups attached to an aromatic ring is 1. The molecule has 0 amide bonds. The van der Waals surface area contributed by atoms with Crippen molar-refractivity contribution in [3.63, 3.8) is 0 Å². The van der Waals surface area contributed by atoms with Gasteiger partial charge in [-0.2, -0.15) is 0 Å². The summed E-state index contributed by atoms with van der Waals surface area (Å²) in [5.74, 6) is 0. The number of hydrogen-bond donors (Lipinski definition) is 1. The second-order valence-corrected chi connectivity index (χ2v) is 2.95. The van der Waals surface area contributed by atoms with E-state index in [-0.39, 0.29) is 0 Å². The standard InChI is InChI=1S/C10H15N.C2H6/c1-4-9-7(2)5-6-8(3)10(9)11;1-2/h5-6H,4,11H2,1-3H3;1-2H3. The van der Waals surface area contributed by atoms with E-state index in [0.29, 0.717) is 0 Å². The van der Waals surface area contributed by atoms with E-state index in [4.69, 9.17) is 5.73 Å². The van der Waals surface area contributed by atoms with Crippen molar-refractivity contribution in [3.8, 4) is 0 Å². The first kappa shape index (κ1) is 12.0. The summed E-state index contributed by atoms with van der Waals surface area (Å²) in [7, 11) is 0. The third-order valence-electron chi connectivity index (χ3n) is 2.16. The molecular weight excluding hydrogens is 158 g/mol. The molecule has 2 N–H and O–H groups in total. The van der Waals surface area contributed by atoms with Gasteiger partial charge in [0.1, 0.15) is 0 Å². The molecule has 0 fully saturated rings. The zero-order valence-corrected chi connectivity index (χ0v) is 9.44. The molecule has 1 rings (SSSR count). The number of aryl methyl sites for hydroxylation is 2. The van der Waals surface area contributed by atoms with Crippen LogP contribution in [0, 0.1) is 13.8 Å². The van der Waals surface area contributed by atoms with Crippen LogP contribution < -0.4 is 5.73 Å². The fourth-order valence-corrected chi connectivity index (χ4v) is 1.36. The molecule has 1 aromatic carbocycles. The highest BCUT2D eigenvalue weighted by Gasteiger charge is 2.01. The summed E-state index contributed by atoms with van der Waals surface area (Å²) in [6, 6.07) is 4.20. The van der Waals surface area contributed by atoms with Gasteiger partial charge in [-0.1, -0.05) is 32.9 Å². The first-order chi connectivity index (χ1) is 6.16. The van der Waals surface area contributed by atoms with Gasteiger partial charge < -0.3 is 5.73 Å². The van der Waals surface area contributed by atoms with Crippen LogP contribution in [0.3, 0.4) is 0 Å². The van der Waals surface area contributed by atoms with Crippen molar-refractivity contribution in [3.05, 3.63) is 28.8 Å². The van der Waals surface area contributed by atoms with E-state index in [1.165, 1.54) is 16.7 Å². The SMILES string of the molecule is CC.CCc1c(C)ccc(C)c1N. The third kappa shape index (κ3) is 2.76. The van der Waals surface area contributed by atoms with Gasteiger partial charge in [-0.05, 0) is 37.0 Å². The largest absolute Gasteiger partial charge is 0.398 e. The maximum atomic E-state index is 5.89. The molecule has 1 aromatic rings. The third-order valence-corrected chi connectivity index (χ3v) is 2.16. The lowest BCUT2D eigenvalue weighted by Crippen LogP contribution is -1.98. The highest BCUT2D eigenvalue weighted by Crippen LogP contribution is 2.20. The molecule has 0 saturated heterocycles. The molecule has 0 aromatic heterocycles. The van der Waals surface area contributed by atoms with E-state index in [2.05, 4.69) is 26.0 Å². The fourth-order valence-electron chi connectivity index (χ4n) is 1.36. The average molecular weight is 179 g/mol. The Kier molecular flexibility index (Phi) is 5.20. The van der Waals surface area contributed by atoms with Crippen molar-refractivity contribution in [2.75, 3.05) is 5.73 Å². The Hall–Kier alpha value is -0.980. The van der Waals surface area contributed by atoms with Crippen LogP contribution in [-0.4, -0.2) is 0 Å². The number of anilines is 1. The summed E-state index contributed by atoms with van der Waals surface area (Å²) < 4.78 is 0. The molecular formula is C12H21N. The lowest BCUT2D eigenvalue weighted by Gasteiger charge is -2.08. The van der Waals surface area contributed by atoms with Gasteiger partial charge >= 0.3 is 0 Å². The van der Waals surface area contributed by atoms with Crippen LogP contribution in [0.25, 0.3) is 0 Å². The molecule has 13 heavy (non-hydrogen) atoms. The smallest absolute Gasteiger partial charge is 0.0378 e. The molecule has 0 heterocycles. The number of nitrogens with two attached hydrogens (primary N) is 1. The molecule has 0 unspecified atom stereocenters. The van der Waals surface area contributed by atoms with Crippen molar-refractivity contribution >= 4 is 5.69 Å². The summed E-state index contributed by atoms with van der Waals surface area (Å²) >= 11 is 0. The van der Waals surface area contributed by atoms with Gasteiger partial charge in [0.2, 0.25) is 0 Å². The number of rotatable bonds is 1. The van der Waals surface area contributed by atoms with Crippen molar-refractivity contribution in [2.24, 2.45) is 0 Å². The number of benzene rings is 1. The van der Waals surface area contributed by atoms with Crippen LogP contribution in [-0.2, 0) is 6.42 Å². The summed E-state index contributed by atoms with van der Waals surface area (Å²) in [5.41, 5.74) is 10.6. The highest BCUT2D eigenvalue weighted by molar-refractivity contribution is 5.56. The Morgan fingerprint density at radius 2 is 1.54 bits per heavy atom. The molecule has 1 heteroatoms. The molecule has 0 aliphatic heterocycles. The van der Waals surface area contributed by atoms with E-state index in [0.717, 1.165) is 12.1 Å². The summed E-state index contributed by atoms with van der Waals surface area (Å²) in [6.07, 6.45) is 1.03. The predicted octanol–water partition coefficient (Wildman–Crippen LogP) is 3.47. The first-order valence-electron chi connectivity index (χ1n) is 5.01. The second-order valence-electron chi connectivity index (χ2n) is 2.95. The quantitative estimate of drug-likeness (QED) is 0.656. The second kappa shape index (κ2) is 5.63. The molecule has 0 radical (unpaired) electrons. The minimum absolute atomic E-state index is 0.965. The molecule has 0 aliphatic carbocycles. The van der Waals surface area contributed by atoms with E-state index in [9.17, 15) is 0 Å². The minimum atomic E-state index is 0.965. The van der Waals surface area contributed by atoms with Crippen LogP contribution in [0.15, 0.2) is 12.1 Å². The molecule has 1 nitrogen and oxygen atoms in total. The van der Waals surface area contributed by atoms with Crippen molar-refractivity contribution in [1.29, 1.82) is 0 Å². The molecule has 0 bridgehead atoms. The van der Waals surface area contributed by atoms with Gasteiger partial charge in [-0.25, -0.2) is 0 Å². The van der Waals surface area contributed by atoms with Gasteiger partial charge in [0.25, 0.3) is 0 Å². The van der Waals surface area contributed by atoms with Gasteiger partial charge in [0, 0.05) is 5.69 Å². The van der Waals surface area contributed by atoms with Gasteiger partial charge in [0.15, 0.2) is 0 Å². The van der Waals surface area contributed by atoms with E-state index >= 15 is 0 Å². The Labute approximate surface area is 82.0 Å². The molecule has 0 atom stereocenters. The first-order valence-corrected chi connectivity index (χ1v) is 5.01. The number of hydrogen-bond acceptors (Lipinski definition) is 1. The summed E-state index contributed by atoms with van der Waals surface area (Å²) in [4.78, 5) is 0. The normalized spacial score (nSPS) is 9.00. The van der Waals surface area contributed by atoms with Gasteiger partial charge in [-0.3, -0.25) is 0 Å².